The number of Topliss-reactive ketones (excluding diaryl/α,β-unsaturated/α-hetero) is 1. The third-order valence-electron chi connectivity index (χ3n) is 1.80. The molecule has 0 fully saturated rings. The van der Waals surface area contributed by atoms with Crippen molar-refractivity contribution >= 4 is 11.5 Å². The Morgan fingerprint density at radius 1 is 1.55 bits per heavy atom. The van der Waals surface area contributed by atoms with Crippen LogP contribution in [0.15, 0.2) is 16.3 Å². The summed E-state index contributed by atoms with van der Waals surface area (Å²) in [5.41, 5.74) is 1.16. The van der Waals surface area contributed by atoms with Gasteiger partial charge in [0.15, 0.2) is 5.78 Å². The van der Waals surface area contributed by atoms with Gasteiger partial charge in [-0.05, 0) is 13.3 Å². The third-order valence-corrected chi connectivity index (χ3v) is 1.80. The van der Waals surface area contributed by atoms with E-state index in [0.717, 1.165) is 5.71 Å². The number of allylic oxidation sites excluding steroid dienone is 2. The molecular weight excluding hydrogens is 142 g/mol. The first-order valence-electron chi connectivity index (χ1n) is 3.56. The number of aliphatic imine (C=N–C) groups is 1. The van der Waals surface area contributed by atoms with E-state index in [0.29, 0.717) is 18.4 Å². The van der Waals surface area contributed by atoms with Crippen LogP contribution in [0.25, 0.3) is 0 Å². The molecule has 0 heterocycles. The molecule has 0 aromatic carbocycles. The average molecular weight is 153 g/mol. The molecule has 0 spiro atoms. The fourth-order valence-corrected chi connectivity index (χ4v) is 1.28. The van der Waals surface area contributed by atoms with Crippen LogP contribution in [0.4, 0.5) is 0 Å². The number of nitrogens with zero attached hydrogens (tertiary/aromatic N) is 1. The molecule has 0 amide bonds. The normalized spacial score (nSPS) is 21.5. The van der Waals surface area contributed by atoms with Gasteiger partial charge >= 0.3 is 0 Å². The zero-order valence-corrected chi connectivity index (χ0v) is 6.72. The van der Waals surface area contributed by atoms with Gasteiger partial charge in [-0.25, -0.2) is 0 Å². The number of ketones is 1. The fraction of sp³-hybridized carbons (Fsp3) is 0.500. The van der Waals surface area contributed by atoms with Crippen LogP contribution >= 0.6 is 0 Å². The third kappa shape index (κ3) is 1.31. The number of aliphatic hydroxyl groups excluding tert-OH is 1. The van der Waals surface area contributed by atoms with Gasteiger partial charge in [-0.15, -0.1) is 0 Å². The lowest BCUT2D eigenvalue weighted by Gasteiger charge is -1.97. The Morgan fingerprint density at radius 2 is 2.18 bits per heavy atom. The number of hydrogen-bond acceptors (Lipinski definition) is 3. The van der Waals surface area contributed by atoms with Gasteiger partial charge in [-0.3, -0.25) is 9.79 Å². The molecule has 0 saturated heterocycles. The zero-order chi connectivity index (χ0) is 8.43. The number of aliphatic hydroxyl groups is 1. The molecule has 0 aromatic heterocycles. The monoisotopic (exact) mass is 153 g/mol. The second-order valence-electron chi connectivity index (χ2n) is 2.55. The summed E-state index contributed by atoms with van der Waals surface area (Å²) in [5.74, 6) is 0.0960. The second kappa shape index (κ2) is 2.86. The molecular formula is C8H11NO2. The highest BCUT2D eigenvalue weighted by atomic mass is 16.3. The van der Waals surface area contributed by atoms with Crippen LogP contribution in [0.2, 0.25) is 0 Å². The summed E-state index contributed by atoms with van der Waals surface area (Å²) in [7, 11) is 1.64. The number of carbonyl (C=O) groups is 1. The van der Waals surface area contributed by atoms with E-state index in [2.05, 4.69) is 4.99 Å². The van der Waals surface area contributed by atoms with Crippen molar-refractivity contribution in [3.05, 3.63) is 11.3 Å². The molecule has 0 aromatic rings. The maximum atomic E-state index is 10.9. The first kappa shape index (κ1) is 7.98. The molecule has 11 heavy (non-hydrogen) atoms. The SMILES string of the molecule is CN=C1CCC(O)=C1C(C)=O. The first-order chi connectivity index (χ1) is 5.16. The molecule has 0 bridgehead atoms. The lowest BCUT2D eigenvalue weighted by Crippen LogP contribution is -2.06. The predicted molar refractivity (Wildman–Crippen MR) is 42.9 cm³/mol. The van der Waals surface area contributed by atoms with E-state index in [1.165, 1.54) is 6.92 Å². The smallest absolute Gasteiger partial charge is 0.164 e. The van der Waals surface area contributed by atoms with Crippen molar-refractivity contribution in [1.29, 1.82) is 0 Å². The van der Waals surface area contributed by atoms with Crippen molar-refractivity contribution in [2.45, 2.75) is 19.8 Å². The number of rotatable bonds is 1. The van der Waals surface area contributed by atoms with Crippen LogP contribution in [-0.2, 0) is 4.79 Å². The molecule has 0 atom stereocenters. The minimum absolute atomic E-state index is 0.0967. The van der Waals surface area contributed by atoms with Gasteiger partial charge in [-0.1, -0.05) is 0 Å². The van der Waals surface area contributed by atoms with Gasteiger partial charge in [0.2, 0.25) is 0 Å². The largest absolute Gasteiger partial charge is 0.511 e. The molecule has 1 aliphatic rings. The summed E-state index contributed by atoms with van der Waals surface area (Å²) in [5, 5.41) is 9.24. The average Bonchev–Trinajstić information content (AvgIpc) is 2.30. The van der Waals surface area contributed by atoms with Gasteiger partial charge in [0.05, 0.1) is 5.57 Å². The highest BCUT2D eigenvalue weighted by Crippen LogP contribution is 2.22. The number of hydrogen-bond donors (Lipinski definition) is 1. The van der Waals surface area contributed by atoms with Gasteiger partial charge in [0, 0.05) is 19.2 Å². The molecule has 0 radical (unpaired) electrons. The minimum Gasteiger partial charge on any atom is -0.511 e. The molecule has 0 unspecified atom stereocenters. The van der Waals surface area contributed by atoms with Gasteiger partial charge in [0.25, 0.3) is 0 Å². The summed E-state index contributed by atoms with van der Waals surface area (Å²) >= 11 is 0. The Bertz CT molecular complexity index is 251. The molecule has 60 valence electrons. The Hall–Kier alpha value is -1.12. The molecule has 0 aliphatic heterocycles. The van der Waals surface area contributed by atoms with Crippen LogP contribution in [0.5, 0.6) is 0 Å². The van der Waals surface area contributed by atoms with E-state index in [1.54, 1.807) is 7.05 Å². The van der Waals surface area contributed by atoms with Crippen molar-refractivity contribution in [3.8, 4) is 0 Å². The van der Waals surface area contributed by atoms with E-state index in [1.807, 2.05) is 0 Å². The summed E-state index contributed by atoms with van der Waals surface area (Å²) in [6.45, 7) is 1.45. The van der Waals surface area contributed by atoms with E-state index < -0.39 is 0 Å². The molecule has 1 rings (SSSR count). The second-order valence-corrected chi connectivity index (χ2v) is 2.55. The quantitative estimate of drug-likeness (QED) is 0.616. The Morgan fingerprint density at radius 3 is 2.55 bits per heavy atom. The van der Waals surface area contributed by atoms with Gasteiger partial charge < -0.3 is 5.11 Å². The molecule has 3 nitrogen and oxygen atoms in total. The lowest BCUT2D eigenvalue weighted by atomic mass is 10.1. The molecule has 3 heteroatoms. The lowest BCUT2D eigenvalue weighted by molar-refractivity contribution is -0.113. The van der Waals surface area contributed by atoms with Crippen molar-refractivity contribution in [3.63, 3.8) is 0 Å². The Balaban J connectivity index is 3.04. The summed E-state index contributed by atoms with van der Waals surface area (Å²) in [6.07, 6.45) is 1.25. The highest BCUT2D eigenvalue weighted by Gasteiger charge is 2.23. The van der Waals surface area contributed by atoms with E-state index in [9.17, 15) is 9.90 Å². The summed E-state index contributed by atoms with van der Waals surface area (Å²) < 4.78 is 0. The van der Waals surface area contributed by atoms with Crippen molar-refractivity contribution < 1.29 is 9.90 Å². The van der Waals surface area contributed by atoms with Gasteiger partial charge in [-0.2, -0.15) is 0 Å². The van der Waals surface area contributed by atoms with E-state index in [4.69, 9.17) is 0 Å². The predicted octanol–water partition coefficient (Wildman–Crippen LogP) is 1.25. The summed E-state index contributed by atoms with van der Waals surface area (Å²) in [4.78, 5) is 14.8. The number of carbonyl (C=O) groups excluding carboxylic acids is 1. The highest BCUT2D eigenvalue weighted by molar-refractivity contribution is 6.23. The van der Waals surface area contributed by atoms with Crippen LogP contribution < -0.4 is 0 Å². The first-order valence-corrected chi connectivity index (χ1v) is 3.56. The molecule has 1 aliphatic carbocycles. The Labute approximate surface area is 65.4 Å². The minimum atomic E-state index is -0.0967. The standard InChI is InChI=1S/C8H11NO2/c1-5(10)8-6(9-2)3-4-7(8)11/h11H,3-4H2,1-2H3. The van der Waals surface area contributed by atoms with Crippen molar-refractivity contribution in [2.75, 3.05) is 7.05 Å². The maximum absolute atomic E-state index is 10.9. The van der Waals surface area contributed by atoms with Crippen LogP contribution in [-0.4, -0.2) is 23.6 Å². The van der Waals surface area contributed by atoms with Crippen molar-refractivity contribution in [1.82, 2.24) is 0 Å². The summed E-state index contributed by atoms with van der Waals surface area (Å²) in [6, 6.07) is 0. The molecule has 1 N–H and O–H groups in total. The van der Waals surface area contributed by atoms with Crippen molar-refractivity contribution in [2.24, 2.45) is 4.99 Å². The zero-order valence-electron chi connectivity index (χ0n) is 6.72. The maximum Gasteiger partial charge on any atom is 0.164 e. The van der Waals surface area contributed by atoms with Crippen LogP contribution in [0, 0.1) is 0 Å². The van der Waals surface area contributed by atoms with Gasteiger partial charge in [0.1, 0.15) is 5.76 Å². The topological polar surface area (TPSA) is 49.7 Å². The van der Waals surface area contributed by atoms with E-state index >= 15 is 0 Å². The van der Waals surface area contributed by atoms with Crippen LogP contribution in [0.3, 0.4) is 0 Å². The van der Waals surface area contributed by atoms with Crippen LogP contribution in [0.1, 0.15) is 19.8 Å². The fourth-order valence-electron chi connectivity index (χ4n) is 1.28. The van der Waals surface area contributed by atoms with E-state index in [-0.39, 0.29) is 11.5 Å². The Kier molecular flexibility index (Phi) is 2.08. The molecule has 0 saturated carbocycles.